The zero-order valence-electron chi connectivity index (χ0n) is 13.5. The van der Waals surface area contributed by atoms with Crippen molar-refractivity contribution >= 4 is 15.9 Å². The van der Waals surface area contributed by atoms with Crippen LogP contribution in [0.15, 0.2) is 54.6 Å². The number of nitrogens with two attached hydrogens (primary N) is 1. The molecule has 2 aromatic rings. The molecule has 124 valence electrons. The number of carbonyl (C=O) groups excluding carboxylic acids is 1. The lowest BCUT2D eigenvalue weighted by molar-refractivity contribution is -0.121. The van der Waals surface area contributed by atoms with Crippen molar-refractivity contribution in [3.63, 3.8) is 0 Å². The number of nitrogens with one attached hydrogen (secondary N) is 1. The van der Waals surface area contributed by atoms with Crippen LogP contribution in [0.5, 0.6) is 0 Å². The molecule has 6 heteroatoms. The number of sulfonamides is 1. The summed E-state index contributed by atoms with van der Waals surface area (Å²) in [6, 6.07) is 17.9. The number of benzene rings is 2. The van der Waals surface area contributed by atoms with E-state index < -0.39 is 10.0 Å². The van der Waals surface area contributed by atoms with Gasteiger partial charge in [-0.3, -0.25) is 4.79 Å². The summed E-state index contributed by atoms with van der Waals surface area (Å²) in [6.45, 7) is 2.04. The smallest absolute Gasteiger partial charge is 0.231 e. The van der Waals surface area contributed by atoms with Gasteiger partial charge in [0.1, 0.15) is 0 Å². The van der Waals surface area contributed by atoms with E-state index in [0.29, 0.717) is 0 Å². The molecular formula is C17H22N2O3S. The highest BCUT2D eigenvalue weighted by Crippen LogP contribution is 2.24. The number of hydrogen-bond acceptors (Lipinski definition) is 3. The van der Waals surface area contributed by atoms with E-state index in [0.717, 1.165) is 17.4 Å². The van der Waals surface area contributed by atoms with Gasteiger partial charge in [0.2, 0.25) is 15.9 Å². The summed E-state index contributed by atoms with van der Waals surface area (Å²) in [5.41, 5.74) is 3.23. The predicted molar refractivity (Wildman–Crippen MR) is 92.6 cm³/mol. The van der Waals surface area contributed by atoms with Crippen molar-refractivity contribution in [1.29, 1.82) is 0 Å². The fourth-order valence-electron chi connectivity index (χ4n) is 2.04. The third-order valence-corrected chi connectivity index (χ3v) is 3.05. The van der Waals surface area contributed by atoms with E-state index in [4.69, 9.17) is 0 Å². The van der Waals surface area contributed by atoms with Crippen molar-refractivity contribution in [3.8, 4) is 0 Å². The second-order valence-corrected chi connectivity index (χ2v) is 6.86. The van der Waals surface area contributed by atoms with Gasteiger partial charge in [-0.05, 0) is 18.1 Å². The Morgan fingerprint density at radius 1 is 1.00 bits per heavy atom. The number of likely N-dealkylation sites (N-methyl/N-ethyl adjacent to an activating group) is 1. The van der Waals surface area contributed by atoms with Crippen LogP contribution >= 0.6 is 0 Å². The molecule has 2 aromatic carbocycles. The van der Waals surface area contributed by atoms with Gasteiger partial charge in [-0.2, -0.15) is 0 Å². The fraction of sp³-hybridized carbons (Fsp3) is 0.235. The summed E-state index contributed by atoms with van der Waals surface area (Å²) in [4.78, 5) is 12.1. The van der Waals surface area contributed by atoms with Gasteiger partial charge in [-0.25, -0.2) is 13.6 Å². The van der Waals surface area contributed by atoms with Crippen molar-refractivity contribution in [1.82, 2.24) is 5.32 Å². The number of amides is 1. The van der Waals surface area contributed by atoms with Crippen molar-refractivity contribution in [2.75, 3.05) is 13.3 Å². The van der Waals surface area contributed by atoms with Gasteiger partial charge < -0.3 is 5.32 Å². The second kappa shape index (κ2) is 8.45. The lowest BCUT2D eigenvalue weighted by Crippen LogP contribution is -2.26. The first kappa shape index (κ1) is 18.9. The summed E-state index contributed by atoms with van der Waals surface area (Å²) >= 11 is 0. The first-order chi connectivity index (χ1) is 10.7. The maximum atomic E-state index is 12.1. The van der Waals surface area contributed by atoms with E-state index >= 15 is 0 Å². The zero-order chi connectivity index (χ0) is 17.5. The Kier molecular flexibility index (Phi) is 6.93. The van der Waals surface area contributed by atoms with Crippen LogP contribution in [0.2, 0.25) is 0 Å². The van der Waals surface area contributed by atoms with Crippen molar-refractivity contribution in [2.24, 2.45) is 5.14 Å². The molecule has 0 saturated heterocycles. The summed E-state index contributed by atoms with van der Waals surface area (Å²) in [6.07, 6.45) is 0.938. The number of rotatable bonds is 3. The maximum Gasteiger partial charge on any atom is 0.231 e. The van der Waals surface area contributed by atoms with Crippen LogP contribution in [0, 0.1) is 6.92 Å². The Hall–Kier alpha value is -2.18. The molecule has 1 amide bonds. The molecule has 5 nitrogen and oxygen atoms in total. The van der Waals surface area contributed by atoms with E-state index in [9.17, 15) is 13.2 Å². The molecule has 0 heterocycles. The number of primary sulfonamides is 1. The van der Waals surface area contributed by atoms with Crippen molar-refractivity contribution < 1.29 is 13.2 Å². The molecule has 0 aliphatic heterocycles. The van der Waals surface area contributed by atoms with Crippen LogP contribution in [-0.4, -0.2) is 27.6 Å². The Bertz CT molecular complexity index is 718. The summed E-state index contributed by atoms with van der Waals surface area (Å²) in [7, 11) is -1.49. The Balaban J connectivity index is 0.000000463. The first-order valence-corrected chi connectivity index (χ1v) is 8.98. The van der Waals surface area contributed by atoms with Crippen molar-refractivity contribution in [3.05, 3.63) is 71.3 Å². The molecule has 1 atom stereocenters. The second-order valence-electron chi connectivity index (χ2n) is 5.20. The average Bonchev–Trinajstić information content (AvgIpc) is 2.49. The quantitative estimate of drug-likeness (QED) is 0.896. The molecule has 3 N–H and O–H groups in total. The van der Waals surface area contributed by atoms with Gasteiger partial charge in [0, 0.05) is 7.05 Å². The van der Waals surface area contributed by atoms with E-state index in [2.05, 4.69) is 10.5 Å². The van der Waals surface area contributed by atoms with Crippen LogP contribution in [0.4, 0.5) is 0 Å². The van der Waals surface area contributed by atoms with Gasteiger partial charge in [-0.15, -0.1) is 0 Å². The standard InChI is InChI=1S/C16H17NO.CH5NO2S/c1-12-8-10-14(11-9-12)15(16(18)17-2)13-6-4-3-5-7-13;1-5(2,3)4/h3-11,15H,1-2H3,(H,17,18);1H3,(H2,2,3,4). The minimum absolute atomic E-state index is 0.0186. The monoisotopic (exact) mass is 334 g/mol. The van der Waals surface area contributed by atoms with Crippen LogP contribution in [0.3, 0.4) is 0 Å². The molecule has 0 aromatic heterocycles. The predicted octanol–water partition coefficient (Wildman–Crippen LogP) is 1.78. The average molecular weight is 334 g/mol. The molecule has 2 rings (SSSR count). The largest absolute Gasteiger partial charge is 0.358 e. The van der Waals surface area contributed by atoms with Crippen LogP contribution in [0.25, 0.3) is 0 Å². The number of hydrogen-bond donors (Lipinski definition) is 2. The van der Waals surface area contributed by atoms with E-state index in [1.165, 1.54) is 5.56 Å². The van der Waals surface area contributed by atoms with Gasteiger partial charge in [0.15, 0.2) is 0 Å². The SMILES string of the molecule is CNC(=O)C(c1ccccc1)c1ccc(C)cc1.CS(N)(=O)=O. The van der Waals surface area contributed by atoms with Crippen molar-refractivity contribution in [2.45, 2.75) is 12.8 Å². The van der Waals surface area contributed by atoms with E-state index in [1.54, 1.807) is 7.05 Å². The fourth-order valence-corrected chi connectivity index (χ4v) is 2.04. The lowest BCUT2D eigenvalue weighted by Gasteiger charge is -2.16. The molecule has 0 fully saturated rings. The number of carbonyl (C=O) groups is 1. The Labute approximate surface area is 137 Å². The van der Waals surface area contributed by atoms with E-state index in [-0.39, 0.29) is 11.8 Å². The van der Waals surface area contributed by atoms with Crippen LogP contribution in [-0.2, 0) is 14.8 Å². The lowest BCUT2D eigenvalue weighted by atomic mass is 9.90. The summed E-state index contributed by atoms with van der Waals surface area (Å²) in [5.74, 6) is -0.221. The first-order valence-electron chi connectivity index (χ1n) is 7.03. The highest BCUT2D eigenvalue weighted by molar-refractivity contribution is 7.88. The molecule has 0 saturated carbocycles. The van der Waals surface area contributed by atoms with Gasteiger partial charge >= 0.3 is 0 Å². The molecule has 0 bridgehead atoms. The van der Waals surface area contributed by atoms with Gasteiger partial charge in [-0.1, -0.05) is 60.2 Å². The Morgan fingerprint density at radius 3 is 1.87 bits per heavy atom. The zero-order valence-corrected chi connectivity index (χ0v) is 14.3. The van der Waals surface area contributed by atoms with Gasteiger partial charge in [0.05, 0.1) is 12.2 Å². The topological polar surface area (TPSA) is 89.3 Å². The molecule has 23 heavy (non-hydrogen) atoms. The van der Waals surface area contributed by atoms with Gasteiger partial charge in [0.25, 0.3) is 0 Å². The maximum absolute atomic E-state index is 12.1. The Morgan fingerprint density at radius 2 is 1.43 bits per heavy atom. The third kappa shape index (κ3) is 7.08. The molecule has 0 aliphatic rings. The highest BCUT2D eigenvalue weighted by atomic mass is 32.2. The van der Waals surface area contributed by atoms with Crippen LogP contribution < -0.4 is 10.5 Å². The normalized spacial score (nSPS) is 11.8. The molecule has 0 radical (unpaired) electrons. The summed E-state index contributed by atoms with van der Waals surface area (Å²) in [5, 5.41) is 7.06. The minimum atomic E-state index is -3.17. The highest BCUT2D eigenvalue weighted by Gasteiger charge is 2.21. The number of aryl methyl sites for hydroxylation is 1. The third-order valence-electron chi connectivity index (χ3n) is 3.05. The summed E-state index contributed by atoms with van der Waals surface area (Å²) < 4.78 is 18.8. The molecular weight excluding hydrogens is 312 g/mol. The molecule has 1 unspecified atom stereocenters. The minimum Gasteiger partial charge on any atom is -0.358 e. The molecule has 0 aliphatic carbocycles. The van der Waals surface area contributed by atoms with Crippen LogP contribution in [0.1, 0.15) is 22.6 Å². The van der Waals surface area contributed by atoms with E-state index in [1.807, 2.05) is 61.5 Å². The molecule has 0 spiro atoms.